The molecule has 5 nitrogen and oxygen atoms in total. The van der Waals surface area contributed by atoms with Crippen LogP contribution in [0.5, 0.6) is 0 Å². The van der Waals surface area contributed by atoms with Gasteiger partial charge in [-0.15, -0.1) is 11.3 Å². The fourth-order valence-corrected chi connectivity index (χ4v) is 9.32. The van der Waals surface area contributed by atoms with Gasteiger partial charge in [0.05, 0.1) is 11.0 Å². The second kappa shape index (κ2) is 9.56. The highest BCUT2D eigenvalue weighted by atomic mass is 32.1. The number of aromatic nitrogens is 3. The number of hydrogen-bond donors (Lipinski definition) is 0. The monoisotopic (exact) mass is 657 g/mol. The highest BCUT2D eigenvalue weighted by Crippen LogP contribution is 2.48. The summed E-state index contributed by atoms with van der Waals surface area (Å²) in [4.78, 5) is 10.9. The average Bonchev–Trinajstić information content (AvgIpc) is 3.93. The number of fused-ring (bicyclic) bond motifs is 16. The molecular weight excluding hydrogens is 635 g/mol. The first-order chi connectivity index (χ1) is 24.8. The van der Waals surface area contributed by atoms with Crippen LogP contribution in [0.2, 0.25) is 0 Å². The van der Waals surface area contributed by atoms with Crippen LogP contribution in [-0.4, -0.2) is 14.5 Å². The summed E-state index contributed by atoms with van der Waals surface area (Å²) in [6, 6.07) is 48.7. The molecule has 0 aliphatic heterocycles. The molecule has 0 amide bonds. The summed E-state index contributed by atoms with van der Waals surface area (Å²) >= 11 is 1.85. The van der Waals surface area contributed by atoms with Crippen molar-refractivity contribution in [2.75, 3.05) is 0 Å². The van der Waals surface area contributed by atoms with Gasteiger partial charge in [-0.25, -0.2) is 9.97 Å². The molecule has 232 valence electrons. The Kier molecular flexibility index (Phi) is 5.06. The van der Waals surface area contributed by atoms with Crippen molar-refractivity contribution in [1.82, 2.24) is 14.5 Å². The first kappa shape index (κ1) is 26.5. The molecule has 0 aliphatic rings. The summed E-state index contributed by atoms with van der Waals surface area (Å²) in [5.74, 6) is 0.606. The summed E-state index contributed by atoms with van der Waals surface area (Å²) < 4.78 is 17.6. The van der Waals surface area contributed by atoms with Crippen molar-refractivity contribution in [2.24, 2.45) is 0 Å². The van der Waals surface area contributed by atoms with Crippen molar-refractivity contribution in [1.29, 1.82) is 0 Å². The minimum atomic E-state index is 0.606. The zero-order chi connectivity index (χ0) is 32.5. The average molecular weight is 658 g/mol. The van der Waals surface area contributed by atoms with E-state index in [2.05, 4.69) is 102 Å². The van der Waals surface area contributed by atoms with E-state index in [0.717, 1.165) is 60.7 Å². The summed E-state index contributed by atoms with van der Waals surface area (Å²) in [6.07, 6.45) is 0. The van der Waals surface area contributed by atoms with Crippen LogP contribution in [0.3, 0.4) is 0 Å². The largest absolute Gasteiger partial charge is 0.456 e. The molecular formula is C44H23N3O2S. The molecule has 5 aromatic heterocycles. The number of furan rings is 2. The Bertz CT molecular complexity index is 3400. The molecule has 0 saturated carbocycles. The Morgan fingerprint density at radius 1 is 0.500 bits per heavy atom. The molecule has 50 heavy (non-hydrogen) atoms. The molecule has 0 N–H and O–H groups in total. The van der Waals surface area contributed by atoms with E-state index in [1.807, 2.05) is 53.8 Å². The molecule has 0 saturated heterocycles. The van der Waals surface area contributed by atoms with Gasteiger partial charge in [-0.2, -0.15) is 0 Å². The predicted octanol–water partition coefficient (Wildman–Crippen LogP) is 12.6. The van der Waals surface area contributed by atoms with Crippen molar-refractivity contribution in [2.45, 2.75) is 0 Å². The fraction of sp³-hybridized carbons (Fsp3) is 0. The Labute approximate surface area is 287 Å². The summed E-state index contributed by atoms with van der Waals surface area (Å²) in [5.41, 5.74) is 7.80. The van der Waals surface area contributed by atoms with Crippen LogP contribution >= 0.6 is 11.3 Å². The molecule has 0 unspecified atom stereocenters. The molecule has 0 spiro atoms. The van der Waals surface area contributed by atoms with Gasteiger partial charge in [0.15, 0.2) is 5.58 Å². The third-order valence-corrected chi connectivity index (χ3v) is 11.4. The van der Waals surface area contributed by atoms with Crippen LogP contribution in [0.25, 0.3) is 114 Å². The van der Waals surface area contributed by atoms with Crippen molar-refractivity contribution in [3.63, 3.8) is 0 Å². The maximum absolute atomic E-state index is 6.58. The lowest BCUT2D eigenvalue weighted by Crippen LogP contribution is -2.03. The number of rotatable bonds is 2. The third kappa shape index (κ3) is 3.40. The van der Waals surface area contributed by atoms with Gasteiger partial charge < -0.3 is 8.83 Å². The number of hydrogen-bond acceptors (Lipinski definition) is 5. The molecule has 6 heteroatoms. The van der Waals surface area contributed by atoms with E-state index < -0.39 is 0 Å². The molecule has 0 atom stereocenters. The summed E-state index contributed by atoms with van der Waals surface area (Å²) in [6.45, 7) is 0. The number of benzene rings is 7. The Balaban J connectivity index is 1.28. The maximum atomic E-state index is 6.58. The van der Waals surface area contributed by atoms with E-state index in [9.17, 15) is 0 Å². The lowest BCUT2D eigenvalue weighted by molar-refractivity contribution is 0.666. The summed E-state index contributed by atoms with van der Waals surface area (Å²) in [7, 11) is 0. The molecule has 5 heterocycles. The van der Waals surface area contributed by atoms with E-state index in [0.29, 0.717) is 11.5 Å². The molecule has 7 aromatic carbocycles. The lowest BCUT2D eigenvalue weighted by Gasteiger charge is -2.11. The standard InChI is InChI=1S/C44H23N3O2S/c1-2-13-27-26(12-1)37-28-14-3-7-17-32(28)47(41(37)38-30-16-6-10-20-36(30)50-43(27)38)44-45-39(42-40(46-44)29-15-5-9-19-34(29)49-42)24-21-22-35-31(23-24)25-11-4-8-18-33(25)48-35/h1-23H. The smallest absolute Gasteiger partial charge is 0.236 e. The van der Waals surface area contributed by atoms with Gasteiger partial charge >= 0.3 is 0 Å². The lowest BCUT2D eigenvalue weighted by atomic mass is 10.00. The van der Waals surface area contributed by atoms with Crippen molar-refractivity contribution >= 4 is 108 Å². The van der Waals surface area contributed by atoms with E-state index in [-0.39, 0.29) is 0 Å². The highest BCUT2D eigenvalue weighted by molar-refractivity contribution is 7.27. The van der Waals surface area contributed by atoms with Crippen LogP contribution < -0.4 is 0 Å². The SMILES string of the molecule is c1ccc2c(c1)oc1ccc(-c3nc(-n4c5ccccc5c5c6ccccc6c6sc7ccccc7c6c54)nc4c3oc3ccccc34)cc12. The van der Waals surface area contributed by atoms with Crippen LogP contribution in [-0.2, 0) is 0 Å². The minimum absolute atomic E-state index is 0.606. The summed E-state index contributed by atoms with van der Waals surface area (Å²) in [5, 5.41) is 10.4. The fourth-order valence-electron chi connectivity index (χ4n) is 8.07. The van der Waals surface area contributed by atoms with Crippen LogP contribution in [0.4, 0.5) is 0 Å². The van der Waals surface area contributed by atoms with E-state index >= 15 is 0 Å². The van der Waals surface area contributed by atoms with Gasteiger partial charge in [0.2, 0.25) is 5.95 Å². The Morgan fingerprint density at radius 3 is 2.02 bits per heavy atom. The van der Waals surface area contributed by atoms with E-state index in [1.54, 1.807) is 0 Å². The number of nitrogens with zero attached hydrogens (tertiary/aromatic N) is 3. The second-order valence-electron chi connectivity index (χ2n) is 12.9. The highest BCUT2D eigenvalue weighted by Gasteiger charge is 2.25. The Hall–Kier alpha value is -6.50. The van der Waals surface area contributed by atoms with Gasteiger partial charge in [0, 0.05) is 58.1 Å². The van der Waals surface area contributed by atoms with E-state index in [4.69, 9.17) is 18.8 Å². The van der Waals surface area contributed by atoms with Gasteiger partial charge in [0.25, 0.3) is 0 Å². The minimum Gasteiger partial charge on any atom is -0.456 e. The molecule has 0 fully saturated rings. The normalized spacial score (nSPS) is 12.4. The van der Waals surface area contributed by atoms with Gasteiger partial charge in [-0.1, -0.05) is 91.0 Å². The number of thiophene rings is 1. The molecule has 12 rings (SSSR count). The second-order valence-corrected chi connectivity index (χ2v) is 13.9. The van der Waals surface area contributed by atoms with Gasteiger partial charge in [0.1, 0.15) is 28.0 Å². The maximum Gasteiger partial charge on any atom is 0.236 e. The zero-order valence-electron chi connectivity index (χ0n) is 26.3. The first-order valence-electron chi connectivity index (χ1n) is 16.7. The Morgan fingerprint density at radius 2 is 1.16 bits per heavy atom. The van der Waals surface area contributed by atoms with Crippen molar-refractivity contribution in [3.05, 3.63) is 140 Å². The topological polar surface area (TPSA) is 57.0 Å². The zero-order valence-corrected chi connectivity index (χ0v) is 27.2. The molecule has 0 bridgehead atoms. The predicted molar refractivity (Wildman–Crippen MR) is 207 cm³/mol. The quantitative estimate of drug-likeness (QED) is 0.186. The molecule has 12 aromatic rings. The van der Waals surface area contributed by atoms with Crippen LogP contribution in [0.15, 0.2) is 148 Å². The van der Waals surface area contributed by atoms with Crippen molar-refractivity contribution in [3.8, 4) is 17.2 Å². The van der Waals surface area contributed by atoms with E-state index in [1.165, 1.54) is 41.7 Å². The first-order valence-corrected chi connectivity index (χ1v) is 17.5. The van der Waals surface area contributed by atoms with Gasteiger partial charge in [-0.3, -0.25) is 4.57 Å². The number of para-hydroxylation sites is 3. The third-order valence-electron chi connectivity index (χ3n) is 10.2. The molecule has 0 aliphatic carbocycles. The van der Waals surface area contributed by atoms with Gasteiger partial charge in [-0.05, 0) is 53.9 Å². The van der Waals surface area contributed by atoms with Crippen LogP contribution in [0, 0.1) is 0 Å². The van der Waals surface area contributed by atoms with Crippen molar-refractivity contribution < 1.29 is 8.83 Å². The van der Waals surface area contributed by atoms with Crippen LogP contribution in [0.1, 0.15) is 0 Å². The molecule has 0 radical (unpaired) electrons.